The number of aromatic amines is 1. The molecule has 0 amide bonds. The van der Waals surface area contributed by atoms with Crippen LogP contribution in [0.4, 0.5) is 10.2 Å². The van der Waals surface area contributed by atoms with Gasteiger partial charge in [0.15, 0.2) is 5.82 Å². The van der Waals surface area contributed by atoms with Crippen molar-refractivity contribution in [2.24, 2.45) is 0 Å². The highest BCUT2D eigenvalue weighted by atomic mass is 35.5. The molecule has 236 valence electrons. The van der Waals surface area contributed by atoms with Crippen LogP contribution in [0.3, 0.4) is 0 Å². The number of pyridine rings is 1. The first kappa shape index (κ1) is 29.2. The van der Waals surface area contributed by atoms with E-state index >= 15 is 4.39 Å². The molecule has 1 saturated carbocycles. The summed E-state index contributed by atoms with van der Waals surface area (Å²) in [6, 6.07) is 1.88. The van der Waals surface area contributed by atoms with Gasteiger partial charge in [0.05, 0.1) is 24.8 Å². The van der Waals surface area contributed by atoms with E-state index in [1.165, 1.54) is 12.7 Å². The van der Waals surface area contributed by atoms with E-state index in [1.807, 2.05) is 0 Å². The number of benzene rings is 1. The second kappa shape index (κ2) is 11.2. The molecule has 6 heterocycles. The lowest BCUT2D eigenvalue weighted by Gasteiger charge is -2.31. The molecule has 8 rings (SSSR count). The number of halogens is 3. The number of methoxy groups -OCH3 is 1. The summed E-state index contributed by atoms with van der Waals surface area (Å²) < 4.78 is 35.2. The number of fused-ring (bicyclic) bond motifs is 3. The standard InChI is InChI=1S/C32H34Cl2FN7O3/c1-17-14-32(7-3-9-42(32)15-17)16-45-31-37-27-24(29(38-31)41-8-4-11-44-12-10-41)30(43-2)36-26(25(27)35)23-21(18-5-6-18)19(33)13-20-22(23)28(34)40-39-20/h13,18H,1,3-12,14-16H2,2H3,(H,39,40). The van der Waals surface area contributed by atoms with Gasteiger partial charge in [-0.05, 0) is 62.6 Å². The van der Waals surface area contributed by atoms with Crippen molar-refractivity contribution in [1.82, 2.24) is 30.0 Å². The third-order valence-corrected chi connectivity index (χ3v) is 10.2. The minimum Gasteiger partial charge on any atom is -0.480 e. The molecule has 3 aromatic heterocycles. The van der Waals surface area contributed by atoms with E-state index in [9.17, 15) is 0 Å². The first-order valence-corrected chi connectivity index (χ1v) is 16.3. The Bertz CT molecular complexity index is 1840. The lowest BCUT2D eigenvalue weighted by Crippen LogP contribution is -2.43. The van der Waals surface area contributed by atoms with Crippen molar-refractivity contribution in [3.05, 3.63) is 39.8 Å². The fourth-order valence-corrected chi connectivity index (χ4v) is 8.04. The van der Waals surface area contributed by atoms with Crippen molar-refractivity contribution in [3.63, 3.8) is 0 Å². The van der Waals surface area contributed by atoms with Crippen molar-refractivity contribution >= 4 is 50.8 Å². The summed E-state index contributed by atoms with van der Waals surface area (Å²) >= 11 is 13.4. The van der Waals surface area contributed by atoms with Crippen LogP contribution in [0.25, 0.3) is 33.1 Å². The van der Waals surface area contributed by atoms with Crippen LogP contribution < -0.4 is 14.4 Å². The maximum Gasteiger partial charge on any atom is 0.319 e. The van der Waals surface area contributed by atoms with Crippen LogP contribution >= 0.6 is 23.2 Å². The van der Waals surface area contributed by atoms with E-state index in [0.717, 1.165) is 57.2 Å². The second-order valence-electron chi connectivity index (χ2n) is 12.6. The number of hydrogen-bond donors (Lipinski definition) is 1. The number of rotatable bonds is 7. The highest BCUT2D eigenvalue weighted by molar-refractivity contribution is 6.37. The lowest BCUT2D eigenvalue weighted by atomic mass is 9.94. The Balaban J connectivity index is 1.33. The number of nitrogens with zero attached hydrogens (tertiary/aromatic N) is 6. The number of aromatic nitrogens is 5. The van der Waals surface area contributed by atoms with Gasteiger partial charge in [-0.2, -0.15) is 15.1 Å². The molecule has 1 aliphatic carbocycles. The van der Waals surface area contributed by atoms with Gasteiger partial charge < -0.3 is 19.1 Å². The van der Waals surface area contributed by atoms with Gasteiger partial charge >= 0.3 is 6.01 Å². The first-order chi connectivity index (χ1) is 21.9. The Kier molecular flexibility index (Phi) is 7.27. The largest absolute Gasteiger partial charge is 0.480 e. The van der Waals surface area contributed by atoms with Crippen LogP contribution in [0.1, 0.15) is 50.0 Å². The van der Waals surface area contributed by atoms with Gasteiger partial charge in [0.25, 0.3) is 0 Å². The van der Waals surface area contributed by atoms with Gasteiger partial charge in [-0.15, -0.1) is 0 Å². The van der Waals surface area contributed by atoms with E-state index in [4.69, 9.17) is 52.4 Å². The Labute approximate surface area is 269 Å². The molecule has 0 bridgehead atoms. The Morgan fingerprint density at radius 2 is 2.00 bits per heavy atom. The summed E-state index contributed by atoms with van der Waals surface area (Å²) in [6.07, 6.45) is 5.64. The van der Waals surface area contributed by atoms with Crippen LogP contribution in [0, 0.1) is 5.82 Å². The summed E-state index contributed by atoms with van der Waals surface area (Å²) in [7, 11) is 1.52. The average molecular weight is 655 g/mol. The zero-order valence-electron chi connectivity index (χ0n) is 25.1. The minimum atomic E-state index is -0.622. The molecular weight excluding hydrogens is 620 g/mol. The van der Waals surface area contributed by atoms with Crippen molar-refractivity contribution in [2.45, 2.75) is 50.0 Å². The molecule has 1 atom stereocenters. The third-order valence-electron chi connectivity index (χ3n) is 9.64. The summed E-state index contributed by atoms with van der Waals surface area (Å²) in [5.41, 5.74) is 3.01. The van der Waals surface area contributed by atoms with Crippen molar-refractivity contribution in [2.75, 3.05) is 58.0 Å². The Morgan fingerprint density at radius 1 is 1.13 bits per heavy atom. The highest BCUT2D eigenvalue weighted by Crippen LogP contribution is 2.52. The lowest BCUT2D eigenvalue weighted by molar-refractivity contribution is 0.108. The van der Waals surface area contributed by atoms with Crippen LogP contribution in [0.15, 0.2) is 18.2 Å². The van der Waals surface area contributed by atoms with Gasteiger partial charge in [-0.3, -0.25) is 10.00 Å². The monoisotopic (exact) mass is 653 g/mol. The molecule has 4 aromatic rings. The molecule has 10 nitrogen and oxygen atoms in total. The van der Waals surface area contributed by atoms with E-state index < -0.39 is 5.82 Å². The van der Waals surface area contributed by atoms with Crippen molar-refractivity contribution < 1.29 is 18.6 Å². The fourth-order valence-electron chi connectivity index (χ4n) is 7.46. The maximum atomic E-state index is 17.2. The van der Waals surface area contributed by atoms with E-state index in [-0.39, 0.29) is 39.7 Å². The Morgan fingerprint density at radius 3 is 2.82 bits per heavy atom. The average Bonchev–Trinajstić information content (AvgIpc) is 3.69. The second-order valence-corrected chi connectivity index (χ2v) is 13.4. The topological polar surface area (TPSA) is 102 Å². The van der Waals surface area contributed by atoms with Gasteiger partial charge in [0.2, 0.25) is 5.88 Å². The van der Waals surface area contributed by atoms with E-state index in [1.54, 1.807) is 6.07 Å². The predicted octanol–water partition coefficient (Wildman–Crippen LogP) is 6.30. The van der Waals surface area contributed by atoms with Crippen LogP contribution in [-0.2, 0) is 4.74 Å². The molecule has 1 aromatic carbocycles. The molecule has 4 aliphatic rings. The molecule has 0 spiro atoms. The first-order valence-electron chi connectivity index (χ1n) is 15.6. The summed E-state index contributed by atoms with van der Waals surface area (Å²) in [5.74, 6) is 0.252. The molecule has 1 unspecified atom stereocenters. The van der Waals surface area contributed by atoms with Gasteiger partial charge in [-0.25, -0.2) is 9.37 Å². The van der Waals surface area contributed by atoms with E-state index in [2.05, 4.69) is 26.6 Å². The molecule has 0 radical (unpaired) electrons. The number of hydrogen-bond acceptors (Lipinski definition) is 9. The zero-order chi connectivity index (χ0) is 30.9. The summed E-state index contributed by atoms with van der Waals surface area (Å²) in [4.78, 5) is 18.9. The van der Waals surface area contributed by atoms with Crippen molar-refractivity contribution in [3.8, 4) is 23.1 Å². The summed E-state index contributed by atoms with van der Waals surface area (Å²) in [5, 5.41) is 8.86. The third kappa shape index (κ3) is 4.90. The quantitative estimate of drug-likeness (QED) is 0.230. The maximum absolute atomic E-state index is 17.2. The molecule has 1 N–H and O–H groups in total. The number of anilines is 1. The molecular formula is C32H34Cl2FN7O3. The smallest absolute Gasteiger partial charge is 0.319 e. The van der Waals surface area contributed by atoms with E-state index in [0.29, 0.717) is 65.6 Å². The van der Waals surface area contributed by atoms with Crippen molar-refractivity contribution in [1.29, 1.82) is 0 Å². The van der Waals surface area contributed by atoms with Gasteiger partial charge in [-0.1, -0.05) is 35.4 Å². The molecule has 45 heavy (non-hydrogen) atoms. The number of H-pyrrole nitrogens is 1. The summed E-state index contributed by atoms with van der Waals surface area (Å²) in [6.45, 7) is 8.90. The molecule has 13 heteroatoms. The minimum absolute atomic E-state index is 0.0551. The normalized spacial score (nSPS) is 22.4. The van der Waals surface area contributed by atoms with Crippen LogP contribution in [0.2, 0.25) is 10.2 Å². The Hall–Kier alpha value is -3.25. The number of nitrogens with one attached hydrogen (secondary N) is 1. The number of ether oxygens (including phenoxy) is 3. The van der Waals surface area contributed by atoms with Gasteiger partial charge in [0, 0.05) is 42.2 Å². The predicted molar refractivity (Wildman–Crippen MR) is 171 cm³/mol. The van der Waals surface area contributed by atoms with Gasteiger partial charge in [0.1, 0.15) is 34.2 Å². The molecule has 4 fully saturated rings. The molecule has 3 saturated heterocycles. The van der Waals surface area contributed by atoms with Crippen LogP contribution in [-0.4, -0.2) is 88.7 Å². The highest BCUT2D eigenvalue weighted by Gasteiger charge is 2.46. The van der Waals surface area contributed by atoms with Crippen LogP contribution in [0.5, 0.6) is 11.9 Å². The zero-order valence-corrected chi connectivity index (χ0v) is 26.6. The molecule has 3 aliphatic heterocycles. The SMILES string of the molecule is C=C1CN2CCCC2(COc2nc(N3CCCOCC3)c3c(OC)nc(-c4c(C5CC5)c(Cl)cc5n[nH]c(Cl)c45)c(F)c3n2)C1. The fraction of sp³-hybridized carbons (Fsp3) is 0.500.